The molecule has 0 saturated heterocycles. The molecule has 0 aliphatic carbocycles. The van der Waals surface area contributed by atoms with E-state index in [0.29, 0.717) is 12.8 Å². The molecule has 0 heterocycles. The lowest BCUT2D eigenvalue weighted by atomic mass is 10.1. The van der Waals surface area contributed by atoms with Crippen LogP contribution in [0.1, 0.15) is 149 Å². The van der Waals surface area contributed by atoms with E-state index in [1.54, 1.807) is 0 Å². The molecule has 0 aromatic heterocycles. The molecule has 3 unspecified atom stereocenters. The van der Waals surface area contributed by atoms with Gasteiger partial charge in [-0.1, -0.05) is 102 Å². The summed E-state index contributed by atoms with van der Waals surface area (Å²) in [5.74, 6) is -0.950. The number of esters is 2. The topological polar surface area (TPSA) is 149 Å². The Morgan fingerprint density at radius 2 is 1.11 bits per heavy atom. The van der Waals surface area contributed by atoms with Crippen molar-refractivity contribution in [3.8, 4) is 0 Å². The zero-order valence-corrected chi connectivity index (χ0v) is 29.7. The van der Waals surface area contributed by atoms with Gasteiger partial charge in [0.25, 0.3) is 0 Å². The number of carbonyl (C=O) groups is 2. The summed E-state index contributed by atoms with van der Waals surface area (Å²) in [6, 6.07) is 0. The minimum Gasteiger partial charge on any atom is -0.462 e. The van der Waals surface area contributed by atoms with Crippen LogP contribution >= 0.6 is 7.82 Å². The Kier molecular flexibility index (Phi) is 30.9. The van der Waals surface area contributed by atoms with E-state index >= 15 is 0 Å². The molecule has 0 aromatic rings. The van der Waals surface area contributed by atoms with Gasteiger partial charge in [-0.25, -0.2) is 4.57 Å². The van der Waals surface area contributed by atoms with Crippen molar-refractivity contribution in [3.05, 3.63) is 24.3 Å². The first-order valence-corrected chi connectivity index (χ1v) is 19.3. The van der Waals surface area contributed by atoms with Gasteiger partial charge in [0.05, 0.1) is 19.8 Å². The summed E-state index contributed by atoms with van der Waals surface area (Å²) in [6.45, 7) is 2.25. The van der Waals surface area contributed by atoms with Gasteiger partial charge in [-0.3, -0.25) is 18.6 Å². The van der Waals surface area contributed by atoms with Gasteiger partial charge in [0, 0.05) is 12.8 Å². The zero-order chi connectivity index (χ0) is 34.1. The Morgan fingerprint density at radius 3 is 1.65 bits per heavy atom. The van der Waals surface area contributed by atoms with Crippen molar-refractivity contribution in [1.29, 1.82) is 0 Å². The molecule has 0 amide bonds. The molecular weight excluding hydrogens is 611 g/mol. The fraction of sp³-hybridized carbons (Fsp3) is 0.829. The van der Waals surface area contributed by atoms with Crippen LogP contribution in [0.15, 0.2) is 24.3 Å². The quantitative estimate of drug-likeness (QED) is 0.0268. The number of aliphatic hydroxyl groups excluding tert-OH is 2. The molecule has 0 rings (SSSR count). The van der Waals surface area contributed by atoms with Crippen LogP contribution in [0.3, 0.4) is 0 Å². The number of phosphoric acid groups is 1. The molecule has 0 fully saturated rings. The first kappa shape index (κ1) is 44.5. The summed E-state index contributed by atoms with van der Waals surface area (Å²) < 4.78 is 32.4. The maximum atomic E-state index is 12.5. The van der Waals surface area contributed by atoms with E-state index in [1.165, 1.54) is 25.7 Å². The third-order valence-electron chi connectivity index (χ3n) is 7.31. The Balaban J connectivity index is 4.43. The molecular formula is C35H65O10P. The second kappa shape index (κ2) is 32.0. The Bertz CT molecular complexity index is 832. The summed E-state index contributed by atoms with van der Waals surface area (Å²) in [6.07, 6.45) is 27.3. The Labute approximate surface area is 278 Å². The molecule has 3 N–H and O–H groups in total. The lowest BCUT2D eigenvalue weighted by molar-refractivity contribution is -0.161. The summed E-state index contributed by atoms with van der Waals surface area (Å²) in [5, 5.41) is 18.2. The minimum atomic E-state index is -4.61. The van der Waals surface area contributed by atoms with Crippen LogP contribution in [0.2, 0.25) is 0 Å². The third kappa shape index (κ3) is 31.1. The van der Waals surface area contributed by atoms with E-state index in [-0.39, 0.29) is 19.4 Å². The van der Waals surface area contributed by atoms with E-state index < -0.39 is 51.8 Å². The molecule has 10 nitrogen and oxygen atoms in total. The van der Waals surface area contributed by atoms with Crippen LogP contribution in [0.25, 0.3) is 0 Å². The molecule has 11 heteroatoms. The fourth-order valence-corrected chi connectivity index (χ4v) is 5.31. The summed E-state index contributed by atoms with van der Waals surface area (Å²) in [5.41, 5.74) is 0. The Morgan fingerprint density at radius 1 is 0.630 bits per heavy atom. The number of aliphatic hydroxyl groups is 2. The summed E-state index contributed by atoms with van der Waals surface area (Å²) in [7, 11) is -4.61. The predicted octanol–water partition coefficient (Wildman–Crippen LogP) is 8.27. The van der Waals surface area contributed by atoms with Gasteiger partial charge >= 0.3 is 19.8 Å². The standard InChI is InChI=1S/C35H65O10P/c1-3-5-7-9-11-13-15-16-17-19-21-23-25-27-35(39)45-33(31-44-46(40,41)43-29-32(37)28-36)30-42-34(38)26-24-22-20-18-14-12-10-8-6-4-2/h8,10,13,15,32-33,36-37H,3-7,9,11-12,14,16-31H2,1-2H3,(H,40,41)/b10-8-,15-13-. The van der Waals surface area contributed by atoms with Crippen molar-refractivity contribution in [1.82, 2.24) is 0 Å². The van der Waals surface area contributed by atoms with Gasteiger partial charge in [-0.15, -0.1) is 0 Å². The maximum absolute atomic E-state index is 12.5. The van der Waals surface area contributed by atoms with E-state index in [9.17, 15) is 24.2 Å². The number of carbonyl (C=O) groups excluding carboxylic acids is 2. The predicted molar refractivity (Wildman–Crippen MR) is 182 cm³/mol. The number of rotatable bonds is 33. The molecule has 0 aliphatic rings. The number of hydrogen-bond donors (Lipinski definition) is 3. The Hall–Kier alpha value is -1.55. The smallest absolute Gasteiger partial charge is 0.462 e. The van der Waals surface area contributed by atoms with Crippen LogP contribution in [-0.4, -0.2) is 65.7 Å². The highest BCUT2D eigenvalue weighted by Gasteiger charge is 2.27. The lowest BCUT2D eigenvalue weighted by Crippen LogP contribution is -2.29. The van der Waals surface area contributed by atoms with Crippen molar-refractivity contribution < 1.29 is 47.8 Å². The molecule has 3 atom stereocenters. The average Bonchev–Trinajstić information content (AvgIpc) is 3.04. The molecule has 46 heavy (non-hydrogen) atoms. The van der Waals surface area contributed by atoms with Gasteiger partial charge in [-0.2, -0.15) is 0 Å². The van der Waals surface area contributed by atoms with Crippen molar-refractivity contribution in [2.45, 2.75) is 161 Å². The largest absolute Gasteiger partial charge is 0.472 e. The molecule has 0 bridgehead atoms. The van der Waals surface area contributed by atoms with Gasteiger partial charge in [0.2, 0.25) is 0 Å². The molecule has 270 valence electrons. The lowest BCUT2D eigenvalue weighted by Gasteiger charge is -2.20. The fourth-order valence-electron chi connectivity index (χ4n) is 4.52. The number of phosphoric ester groups is 1. The van der Waals surface area contributed by atoms with E-state index in [1.807, 2.05) is 0 Å². The van der Waals surface area contributed by atoms with Gasteiger partial charge in [-0.05, 0) is 57.8 Å². The number of hydrogen-bond acceptors (Lipinski definition) is 9. The van der Waals surface area contributed by atoms with Crippen LogP contribution in [-0.2, 0) is 32.7 Å². The minimum absolute atomic E-state index is 0.173. The van der Waals surface area contributed by atoms with Crippen LogP contribution < -0.4 is 0 Å². The molecule has 0 saturated carbocycles. The third-order valence-corrected chi connectivity index (χ3v) is 8.26. The highest BCUT2D eigenvalue weighted by atomic mass is 31.2. The van der Waals surface area contributed by atoms with Crippen LogP contribution in [0.4, 0.5) is 0 Å². The second-order valence-electron chi connectivity index (χ2n) is 11.9. The number of unbranched alkanes of at least 4 members (excludes halogenated alkanes) is 15. The van der Waals surface area contributed by atoms with E-state index in [0.717, 1.165) is 83.5 Å². The normalized spacial score (nSPS) is 14.5. The highest BCUT2D eigenvalue weighted by Crippen LogP contribution is 2.43. The summed E-state index contributed by atoms with van der Waals surface area (Å²) in [4.78, 5) is 34.7. The van der Waals surface area contributed by atoms with E-state index in [4.69, 9.17) is 19.1 Å². The van der Waals surface area contributed by atoms with Crippen molar-refractivity contribution >= 4 is 19.8 Å². The summed E-state index contributed by atoms with van der Waals surface area (Å²) >= 11 is 0. The number of allylic oxidation sites excluding steroid dienone is 4. The van der Waals surface area contributed by atoms with Gasteiger partial charge in [0.15, 0.2) is 6.10 Å². The van der Waals surface area contributed by atoms with E-state index in [2.05, 4.69) is 42.7 Å². The van der Waals surface area contributed by atoms with Crippen LogP contribution in [0, 0.1) is 0 Å². The first-order chi connectivity index (χ1) is 22.2. The zero-order valence-electron chi connectivity index (χ0n) is 28.8. The first-order valence-electron chi connectivity index (χ1n) is 17.8. The van der Waals surface area contributed by atoms with Crippen LogP contribution in [0.5, 0.6) is 0 Å². The van der Waals surface area contributed by atoms with Crippen molar-refractivity contribution in [2.75, 3.05) is 26.4 Å². The monoisotopic (exact) mass is 676 g/mol. The SMILES string of the molecule is CCC/C=C\CCCCCCCC(=O)OCC(COP(=O)(O)OCC(O)CO)OC(=O)CCCCCCC/C=C\CCCCCC. The second-order valence-corrected chi connectivity index (χ2v) is 13.3. The van der Waals surface area contributed by atoms with Crippen molar-refractivity contribution in [3.63, 3.8) is 0 Å². The van der Waals surface area contributed by atoms with Gasteiger partial charge < -0.3 is 24.6 Å². The number of ether oxygens (including phenoxy) is 2. The van der Waals surface area contributed by atoms with Gasteiger partial charge in [0.1, 0.15) is 12.7 Å². The highest BCUT2D eigenvalue weighted by molar-refractivity contribution is 7.47. The molecule has 0 radical (unpaired) electrons. The average molecular weight is 677 g/mol. The maximum Gasteiger partial charge on any atom is 0.472 e. The molecule has 0 spiro atoms. The van der Waals surface area contributed by atoms with Crippen molar-refractivity contribution in [2.24, 2.45) is 0 Å². The molecule has 0 aromatic carbocycles. The molecule has 0 aliphatic heterocycles.